The normalized spacial score (nSPS) is 14.5. The van der Waals surface area contributed by atoms with Gasteiger partial charge in [-0.25, -0.2) is 9.59 Å². The topological polar surface area (TPSA) is 414 Å². The van der Waals surface area contributed by atoms with Crippen molar-refractivity contribution < 1.29 is 68.4 Å². The van der Waals surface area contributed by atoms with Gasteiger partial charge in [-0.05, 0) is 70.8 Å². The number of rotatable bonds is 30. The summed E-state index contributed by atoms with van der Waals surface area (Å²) in [5.41, 5.74) is 16.0. The van der Waals surface area contributed by atoms with Crippen molar-refractivity contribution in [3.63, 3.8) is 0 Å². The van der Waals surface area contributed by atoms with Crippen LogP contribution in [0, 0.1) is 5.92 Å². The van der Waals surface area contributed by atoms with Gasteiger partial charge in [-0.2, -0.15) is 0 Å². The van der Waals surface area contributed by atoms with Crippen LogP contribution in [0.1, 0.15) is 85.0 Å². The highest BCUT2D eigenvalue weighted by atomic mass is 16.4. The third kappa shape index (κ3) is 22.2. The Hall–Kier alpha value is -5.62. The predicted molar refractivity (Wildman–Crippen MR) is 203 cm³/mol. The number of carboxylic acid groups (broad SMARTS) is 3. The molecule has 0 rings (SSSR count). The number of carbonyl (C=O) groups excluding carboxylic acids is 7. The van der Waals surface area contributed by atoms with Gasteiger partial charge in [0, 0.05) is 13.0 Å². The molecule has 8 amide bonds. The van der Waals surface area contributed by atoms with E-state index < -0.39 is 128 Å². The monoisotopic (exact) mass is 832 g/mol. The van der Waals surface area contributed by atoms with Gasteiger partial charge in [0.1, 0.15) is 36.3 Å². The molecule has 58 heavy (non-hydrogen) atoms. The third-order valence-electron chi connectivity index (χ3n) is 8.27. The van der Waals surface area contributed by atoms with Crippen LogP contribution in [-0.4, -0.2) is 142 Å². The van der Waals surface area contributed by atoms with Crippen LogP contribution in [0.3, 0.4) is 0 Å². The largest absolute Gasteiger partial charge is 0.481 e. The quantitative estimate of drug-likeness (QED) is 0.0304. The number of unbranched alkanes of at least 4 members (excludes halogenated alkanes) is 2. The van der Waals surface area contributed by atoms with Crippen molar-refractivity contribution in [2.45, 2.75) is 127 Å². The molecule has 0 aromatic heterocycles. The zero-order chi connectivity index (χ0) is 44.5. The first-order chi connectivity index (χ1) is 27.1. The highest BCUT2D eigenvalue weighted by Crippen LogP contribution is 2.10. The minimum absolute atomic E-state index is 0.0389. The molecule has 0 aliphatic rings. The third-order valence-corrected chi connectivity index (χ3v) is 8.27. The predicted octanol–water partition coefficient (Wildman–Crippen LogP) is -4.33. The lowest BCUT2D eigenvalue weighted by Crippen LogP contribution is -2.60. The summed E-state index contributed by atoms with van der Waals surface area (Å²) in [5, 5.41) is 54.2. The highest BCUT2D eigenvalue weighted by Gasteiger charge is 2.34. The summed E-state index contributed by atoms with van der Waals surface area (Å²) in [6.07, 6.45) is -1.02. The van der Waals surface area contributed by atoms with Gasteiger partial charge in [0.05, 0.1) is 19.1 Å². The van der Waals surface area contributed by atoms with Crippen LogP contribution in [-0.2, 0) is 43.2 Å². The molecule has 0 aliphatic heterocycles. The Kier molecular flexibility index (Phi) is 25.2. The number of aliphatic carboxylic acids is 3. The average molecular weight is 833 g/mol. The van der Waals surface area contributed by atoms with Crippen LogP contribution in [0.25, 0.3) is 0 Å². The fourth-order valence-electron chi connectivity index (χ4n) is 5.19. The van der Waals surface area contributed by atoms with E-state index in [-0.39, 0.29) is 38.1 Å². The maximum atomic E-state index is 13.7. The lowest BCUT2D eigenvalue weighted by molar-refractivity contribution is -0.142. The summed E-state index contributed by atoms with van der Waals surface area (Å²) in [6, 6.07) is -11.3. The van der Waals surface area contributed by atoms with Crippen LogP contribution < -0.4 is 54.4 Å². The second-order valence-electron chi connectivity index (χ2n) is 13.9. The molecule has 0 bridgehead atoms. The van der Waals surface area contributed by atoms with Gasteiger partial charge in [-0.3, -0.25) is 38.4 Å². The minimum Gasteiger partial charge on any atom is -0.481 e. The Morgan fingerprint density at radius 2 is 1.00 bits per heavy atom. The van der Waals surface area contributed by atoms with Crippen LogP contribution in [0.15, 0.2) is 0 Å². The summed E-state index contributed by atoms with van der Waals surface area (Å²) in [7, 11) is 0. The van der Waals surface area contributed by atoms with Crippen molar-refractivity contribution in [2.24, 2.45) is 23.1 Å². The number of carboxylic acids is 3. The number of nitrogens with two attached hydrogens (primary N) is 3. The standard InChI is InChI=1S/C34H60N10O14/c1-17(2)14-22(30(53)39-19(8-5-7-13-38-34(37)58)28(51)41-21(33(56)57)9-4-6-12-35)42-31(54)23(15-26(48)49)43-29(52)20(10-11-25(46)47)40-32(55)24(16-45)44-27(50)18(3)36/h17-24,45H,4-16,35-36H2,1-3H3,(H,39,53)(H,40,55)(H,41,51)(H,42,54)(H,43,52)(H,44,50)(H,46,47)(H,48,49)(H,56,57)(H3,37,38,58)/t18-,19-,20-,21-,22-,23-,24-/m0/s1. The van der Waals surface area contributed by atoms with E-state index in [9.17, 15) is 68.4 Å². The van der Waals surface area contributed by atoms with Crippen molar-refractivity contribution in [3.8, 4) is 0 Å². The number of aliphatic hydroxyl groups excluding tert-OH is 1. The molecule has 0 spiro atoms. The fraction of sp³-hybridized carbons (Fsp3) is 0.706. The number of urea groups is 1. The van der Waals surface area contributed by atoms with E-state index in [1.807, 2.05) is 0 Å². The lowest BCUT2D eigenvalue weighted by Gasteiger charge is -2.27. The van der Waals surface area contributed by atoms with Crippen molar-refractivity contribution in [1.29, 1.82) is 0 Å². The van der Waals surface area contributed by atoms with Crippen molar-refractivity contribution in [3.05, 3.63) is 0 Å². The molecule has 0 radical (unpaired) electrons. The van der Waals surface area contributed by atoms with Gasteiger partial charge in [-0.15, -0.1) is 0 Å². The van der Waals surface area contributed by atoms with E-state index in [1.165, 1.54) is 6.92 Å². The van der Waals surface area contributed by atoms with Gasteiger partial charge in [0.15, 0.2) is 0 Å². The second-order valence-corrected chi connectivity index (χ2v) is 13.9. The van der Waals surface area contributed by atoms with Gasteiger partial charge in [0.2, 0.25) is 35.4 Å². The van der Waals surface area contributed by atoms with Gasteiger partial charge in [-0.1, -0.05) is 13.8 Å². The number of amides is 8. The summed E-state index contributed by atoms with van der Waals surface area (Å²) in [6.45, 7) is 4.13. The Balaban J connectivity index is 6.37. The van der Waals surface area contributed by atoms with E-state index in [2.05, 4.69) is 37.2 Å². The van der Waals surface area contributed by atoms with Crippen molar-refractivity contribution in [1.82, 2.24) is 37.2 Å². The van der Waals surface area contributed by atoms with Gasteiger partial charge in [0.25, 0.3) is 0 Å². The van der Waals surface area contributed by atoms with Crippen molar-refractivity contribution >= 4 is 59.4 Å². The molecule has 0 heterocycles. The zero-order valence-electron chi connectivity index (χ0n) is 32.9. The molecule has 330 valence electrons. The molecular formula is C34H60N10O14. The molecule has 0 saturated heterocycles. The molecule has 17 N–H and O–H groups in total. The molecule has 24 nitrogen and oxygen atoms in total. The van der Waals surface area contributed by atoms with E-state index in [0.717, 1.165) is 0 Å². The SMILES string of the molecule is CC(C)C[C@H](NC(=O)[C@H](CC(=O)O)NC(=O)[C@H](CCC(=O)O)NC(=O)[C@H](CO)NC(=O)[C@H](C)N)C(=O)N[C@@H](CCCCNC(N)=O)C(=O)N[C@@H](CCCCN)C(=O)O. The smallest absolute Gasteiger partial charge is 0.326 e. The summed E-state index contributed by atoms with van der Waals surface area (Å²) >= 11 is 0. The Labute approximate surface area is 334 Å². The average Bonchev–Trinajstić information content (AvgIpc) is 3.12. The molecule has 0 fully saturated rings. The molecule has 7 atom stereocenters. The maximum absolute atomic E-state index is 13.7. The van der Waals surface area contributed by atoms with E-state index in [0.29, 0.717) is 25.8 Å². The van der Waals surface area contributed by atoms with E-state index >= 15 is 0 Å². The number of carbonyl (C=O) groups is 10. The number of nitrogens with one attached hydrogen (secondary N) is 7. The van der Waals surface area contributed by atoms with Gasteiger partial charge < -0.3 is 74.8 Å². The number of aliphatic hydroxyl groups is 1. The minimum atomic E-state index is -1.91. The first kappa shape index (κ1) is 52.4. The van der Waals surface area contributed by atoms with Crippen LogP contribution in [0.4, 0.5) is 4.79 Å². The Morgan fingerprint density at radius 3 is 1.48 bits per heavy atom. The zero-order valence-corrected chi connectivity index (χ0v) is 32.9. The fourth-order valence-corrected chi connectivity index (χ4v) is 5.19. The summed E-state index contributed by atoms with van der Waals surface area (Å²) in [4.78, 5) is 125. The second kappa shape index (κ2) is 27.9. The van der Waals surface area contributed by atoms with Crippen molar-refractivity contribution in [2.75, 3.05) is 19.7 Å². The molecule has 0 aliphatic carbocycles. The van der Waals surface area contributed by atoms with E-state index in [4.69, 9.17) is 17.2 Å². The number of primary amides is 1. The molecular weight excluding hydrogens is 772 g/mol. The molecule has 0 aromatic rings. The lowest BCUT2D eigenvalue weighted by atomic mass is 10.0. The van der Waals surface area contributed by atoms with Crippen LogP contribution in [0.5, 0.6) is 0 Å². The molecule has 24 heteroatoms. The van der Waals surface area contributed by atoms with Crippen LogP contribution >= 0.6 is 0 Å². The van der Waals surface area contributed by atoms with Gasteiger partial charge >= 0.3 is 23.9 Å². The summed E-state index contributed by atoms with van der Waals surface area (Å²) in [5.74, 6) is -10.8. The molecule has 0 unspecified atom stereocenters. The first-order valence-electron chi connectivity index (χ1n) is 18.7. The number of hydrogen-bond acceptors (Lipinski definition) is 13. The molecule has 0 saturated carbocycles. The Morgan fingerprint density at radius 1 is 0.552 bits per heavy atom. The molecule has 0 aromatic carbocycles. The Bertz CT molecular complexity index is 1430. The first-order valence-corrected chi connectivity index (χ1v) is 18.7. The number of hydrogen-bond donors (Lipinski definition) is 14. The highest BCUT2D eigenvalue weighted by molar-refractivity contribution is 5.98. The maximum Gasteiger partial charge on any atom is 0.326 e. The van der Waals surface area contributed by atoms with Crippen LogP contribution in [0.2, 0.25) is 0 Å². The summed E-state index contributed by atoms with van der Waals surface area (Å²) < 4.78 is 0. The van der Waals surface area contributed by atoms with E-state index in [1.54, 1.807) is 13.8 Å².